The molecule has 0 unspecified atom stereocenters. The van der Waals surface area contributed by atoms with Gasteiger partial charge in [0, 0.05) is 0 Å². The average Bonchev–Trinajstić information content (AvgIpc) is 2.72. The molecule has 0 radical (unpaired) electrons. The molecule has 0 saturated heterocycles. The summed E-state index contributed by atoms with van der Waals surface area (Å²) in [4.78, 5) is 0. The summed E-state index contributed by atoms with van der Waals surface area (Å²) in [6.07, 6.45) is 0. The third-order valence-electron chi connectivity index (χ3n) is 2.73. The Morgan fingerprint density at radius 2 is 2.23 bits per heavy atom. The van der Waals surface area contributed by atoms with Gasteiger partial charge in [0.25, 0.3) is 0 Å². The lowest BCUT2D eigenvalue weighted by atomic mass is 10.3. The molecule has 3 nitrogen and oxygen atoms in total. The highest BCUT2D eigenvalue weighted by Gasteiger charge is 2.25. The minimum Gasteiger partial charge on any atom is -0.274 e. The molecule has 0 atom stereocenters. The van der Waals surface area contributed by atoms with Crippen molar-refractivity contribution in [3.63, 3.8) is 0 Å². The zero-order valence-corrected chi connectivity index (χ0v) is 7.62. The van der Waals surface area contributed by atoms with E-state index < -0.39 is 0 Å². The van der Waals surface area contributed by atoms with Gasteiger partial charge in [-0.05, 0) is 12.1 Å². The van der Waals surface area contributed by atoms with Crippen molar-refractivity contribution in [2.45, 2.75) is 6.54 Å². The Morgan fingerprint density at radius 1 is 1.38 bits per heavy atom. The number of benzene rings is 1. The number of hydrogen-bond donors (Lipinski definition) is 1. The Labute approximate surface area is 76.6 Å². The van der Waals surface area contributed by atoms with E-state index in [1.807, 2.05) is 0 Å². The van der Waals surface area contributed by atoms with Crippen molar-refractivity contribution in [1.29, 1.82) is 0 Å². The molecule has 2 aromatic rings. The molecule has 66 valence electrons. The van der Waals surface area contributed by atoms with E-state index in [4.69, 9.17) is 0 Å². The van der Waals surface area contributed by atoms with Crippen LogP contribution in [0, 0.1) is 0 Å². The van der Waals surface area contributed by atoms with E-state index in [-0.39, 0.29) is 0 Å². The van der Waals surface area contributed by atoms with E-state index in [0.717, 1.165) is 13.1 Å². The molecule has 3 rings (SSSR count). The summed E-state index contributed by atoms with van der Waals surface area (Å²) in [6.45, 7) is 2.13. The van der Waals surface area contributed by atoms with Gasteiger partial charge in [0.05, 0.1) is 13.6 Å². The second-order valence-electron chi connectivity index (χ2n) is 3.45. The first-order valence-electron chi connectivity index (χ1n) is 4.59. The van der Waals surface area contributed by atoms with E-state index in [1.165, 1.54) is 17.0 Å². The standard InChI is InChI=1S/C10H11N3/c1-12-8-4-2-3-5-9(8)13-7-6-11-10(12)13/h2-5H,6-7H2,1H3/p+1. The van der Waals surface area contributed by atoms with Crippen LogP contribution in [-0.2, 0) is 13.6 Å². The van der Waals surface area contributed by atoms with Crippen LogP contribution in [0.2, 0.25) is 0 Å². The SMILES string of the molecule is C[n+]1c2n(c3ccccc31)CCN2. The molecule has 1 aliphatic rings. The molecule has 0 aliphatic carbocycles. The van der Waals surface area contributed by atoms with Crippen LogP contribution in [0.25, 0.3) is 11.0 Å². The molecule has 2 heterocycles. The van der Waals surface area contributed by atoms with Gasteiger partial charge in [0.2, 0.25) is 0 Å². The Bertz CT molecular complexity index is 470. The molecule has 0 fully saturated rings. The molecule has 1 N–H and O–H groups in total. The lowest BCUT2D eigenvalue weighted by Crippen LogP contribution is -2.29. The maximum atomic E-state index is 3.38. The van der Waals surface area contributed by atoms with E-state index in [0.29, 0.717) is 0 Å². The second kappa shape index (κ2) is 2.25. The molecule has 0 amide bonds. The third kappa shape index (κ3) is 0.763. The normalized spacial score (nSPS) is 14.5. The van der Waals surface area contributed by atoms with Gasteiger partial charge in [-0.2, -0.15) is 0 Å². The maximum Gasteiger partial charge on any atom is 0.358 e. The van der Waals surface area contributed by atoms with E-state index in [1.54, 1.807) is 0 Å². The van der Waals surface area contributed by atoms with Gasteiger partial charge in [0.1, 0.15) is 17.6 Å². The first-order valence-corrected chi connectivity index (χ1v) is 4.59. The third-order valence-corrected chi connectivity index (χ3v) is 2.73. The zero-order valence-electron chi connectivity index (χ0n) is 7.62. The molecule has 1 aromatic heterocycles. The minimum absolute atomic E-state index is 1.05. The highest BCUT2D eigenvalue weighted by molar-refractivity contribution is 5.74. The molecule has 0 bridgehead atoms. The van der Waals surface area contributed by atoms with Gasteiger partial charge in [0.15, 0.2) is 0 Å². The predicted molar refractivity (Wildman–Crippen MR) is 51.6 cm³/mol. The minimum atomic E-state index is 1.05. The van der Waals surface area contributed by atoms with E-state index in [2.05, 4.69) is 45.8 Å². The molecule has 13 heavy (non-hydrogen) atoms. The summed E-state index contributed by atoms with van der Waals surface area (Å²) >= 11 is 0. The lowest BCUT2D eigenvalue weighted by molar-refractivity contribution is -0.630. The molecular formula is C10H12N3+. The van der Waals surface area contributed by atoms with Crippen LogP contribution in [0.4, 0.5) is 5.95 Å². The molecule has 1 aromatic carbocycles. The summed E-state index contributed by atoms with van der Waals surface area (Å²) in [6, 6.07) is 8.50. The van der Waals surface area contributed by atoms with Crippen molar-refractivity contribution in [3.05, 3.63) is 24.3 Å². The fourth-order valence-electron chi connectivity index (χ4n) is 2.11. The van der Waals surface area contributed by atoms with Crippen molar-refractivity contribution in [2.24, 2.45) is 7.05 Å². The fraction of sp³-hybridized carbons (Fsp3) is 0.300. The molecule has 3 heteroatoms. The highest BCUT2D eigenvalue weighted by atomic mass is 15.3. The second-order valence-corrected chi connectivity index (χ2v) is 3.45. The highest BCUT2D eigenvalue weighted by Crippen LogP contribution is 2.19. The van der Waals surface area contributed by atoms with Gasteiger partial charge in [-0.3, -0.25) is 5.32 Å². The van der Waals surface area contributed by atoms with Gasteiger partial charge < -0.3 is 0 Å². The monoisotopic (exact) mass is 174 g/mol. The lowest BCUT2D eigenvalue weighted by Gasteiger charge is -1.91. The summed E-state index contributed by atoms with van der Waals surface area (Å²) in [5.41, 5.74) is 2.62. The number of nitrogens with zero attached hydrogens (tertiary/aromatic N) is 2. The number of aryl methyl sites for hydroxylation is 1. The number of para-hydroxylation sites is 2. The van der Waals surface area contributed by atoms with Crippen LogP contribution < -0.4 is 9.88 Å². The summed E-state index contributed by atoms with van der Waals surface area (Å²) < 4.78 is 4.54. The van der Waals surface area contributed by atoms with Crippen molar-refractivity contribution in [3.8, 4) is 0 Å². The number of imidazole rings is 1. The number of aromatic nitrogens is 2. The first kappa shape index (κ1) is 6.95. The number of fused-ring (bicyclic) bond motifs is 3. The van der Waals surface area contributed by atoms with E-state index >= 15 is 0 Å². The van der Waals surface area contributed by atoms with Crippen LogP contribution in [0.5, 0.6) is 0 Å². The van der Waals surface area contributed by atoms with Gasteiger partial charge in [-0.1, -0.05) is 12.1 Å². The van der Waals surface area contributed by atoms with Crippen molar-refractivity contribution >= 4 is 17.0 Å². The van der Waals surface area contributed by atoms with Crippen LogP contribution in [0.15, 0.2) is 24.3 Å². The van der Waals surface area contributed by atoms with Crippen LogP contribution in [0.3, 0.4) is 0 Å². The fourth-order valence-corrected chi connectivity index (χ4v) is 2.11. The van der Waals surface area contributed by atoms with Crippen LogP contribution >= 0.6 is 0 Å². The Kier molecular flexibility index (Phi) is 1.20. The van der Waals surface area contributed by atoms with Crippen molar-refractivity contribution in [1.82, 2.24) is 4.57 Å². The van der Waals surface area contributed by atoms with Crippen LogP contribution in [-0.4, -0.2) is 11.1 Å². The molecule has 0 saturated carbocycles. The molecular weight excluding hydrogens is 162 g/mol. The number of hydrogen-bond acceptors (Lipinski definition) is 1. The quantitative estimate of drug-likeness (QED) is 0.588. The Morgan fingerprint density at radius 3 is 3.15 bits per heavy atom. The van der Waals surface area contributed by atoms with Crippen molar-refractivity contribution in [2.75, 3.05) is 11.9 Å². The predicted octanol–water partition coefficient (Wildman–Crippen LogP) is 0.891. The number of nitrogens with one attached hydrogen (secondary N) is 1. The Balaban J connectivity index is 2.49. The topological polar surface area (TPSA) is 20.8 Å². The molecule has 1 aliphatic heterocycles. The van der Waals surface area contributed by atoms with E-state index in [9.17, 15) is 0 Å². The number of anilines is 1. The van der Waals surface area contributed by atoms with Crippen LogP contribution in [0.1, 0.15) is 0 Å². The molecule has 0 spiro atoms. The summed E-state index contributed by atoms with van der Waals surface area (Å²) in [5, 5.41) is 3.38. The zero-order chi connectivity index (χ0) is 8.84. The smallest absolute Gasteiger partial charge is 0.274 e. The maximum absolute atomic E-state index is 3.38. The average molecular weight is 174 g/mol. The van der Waals surface area contributed by atoms with Gasteiger partial charge in [-0.15, -0.1) is 0 Å². The summed E-state index contributed by atoms with van der Waals surface area (Å²) in [7, 11) is 2.10. The Hall–Kier alpha value is -1.51. The summed E-state index contributed by atoms with van der Waals surface area (Å²) in [5.74, 6) is 1.22. The van der Waals surface area contributed by atoms with Crippen molar-refractivity contribution < 1.29 is 4.57 Å². The largest absolute Gasteiger partial charge is 0.358 e. The first-order chi connectivity index (χ1) is 6.38. The number of rotatable bonds is 0. The van der Waals surface area contributed by atoms with Gasteiger partial charge >= 0.3 is 5.95 Å². The van der Waals surface area contributed by atoms with Gasteiger partial charge in [-0.25, -0.2) is 9.13 Å².